The van der Waals surface area contributed by atoms with Crippen molar-refractivity contribution in [1.29, 1.82) is 0 Å². The lowest BCUT2D eigenvalue weighted by atomic mass is 9.98. The van der Waals surface area contributed by atoms with E-state index in [0.29, 0.717) is 25.0 Å². The number of imidazole rings is 1. The molecule has 1 fully saturated rings. The van der Waals surface area contributed by atoms with Gasteiger partial charge in [0.25, 0.3) is 0 Å². The predicted molar refractivity (Wildman–Crippen MR) is 118 cm³/mol. The maximum Gasteiger partial charge on any atom is 0.326 e. The number of amides is 3. The Morgan fingerprint density at radius 3 is 2.52 bits per heavy atom. The molecule has 33 heavy (non-hydrogen) atoms. The average molecular weight is 467 g/mol. The molecule has 184 valence electrons. The molecule has 6 atom stereocenters. The van der Waals surface area contributed by atoms with Gasteiger partial charge < -0.3 is 36.5 Å². The zero-order chi connectivity index (χ0) is 24.7. The molecule has 0 spiro atoms. The van der Waals surface area contributed by atoms with Gasteiger partial charge in [-0.2, -0.15) is 0 Å². The summed E-state index contributed by atoms with van der Waals surface area (Å²) in [7, 11) is 0. The van der Waals surface area contributed by atoms with E-state index in [2.05, 4.69) is 20.6 Å². The van der Waals surface area contributed by atoms with E-state index in [4.69, 9.17) is 5.73 Å². The van der Waals surface area contributed by atoms with Crippen molar-refractivity contribution in [1.82, 2.24) is 25.5 Å². The molecule has 0 radical (unpaired) electrons. The van der Waals surface area contributed by atoms with Crippen molar-refractivity contribution in [2.24, 2.45) is 11.7 Å². The smallest absolute Gasteiger partial charge is 0.326 e. The fraction of sp³-hybridized carbons (Fsp3) is 0.667. The summed E-state index contributed by atoms with van der Waals surface area (Å²) in [6.07, 6.45) is 3.17. The second-order valence-corrected chi connectivity index (χ2v) is 8.51. The first-order valence-electron chi connectivity index (χ1n) is 11.1. The minimum absolute atomic E-state index is 0.0486. The second-order valence-electron chi connectivity index (χ2n) is 8.51. The topological polar surface area (TPSA) is 191 Å². The first-order valence-corrected chi connectivity index (χ1v) is 11.1. The number of carboxylic acids is 1. The maximum atomic E-state index is 13.1. The molecule has 2 heterocycles. The summed E-state index contributed by atoms with van der Waals surface area (Å²) in [5, 5.41) is 24.7. The van der Waals surface area contributed by atoms with E-state index in [9.17, 15) is 29.4 Å². The number of hydrogen-bond donors (Lipinski definition) is 6. The second kappa shape index (κ2) is 11.8. The third-order valence-corrected chi connectivity index (χ3v) is 6.04. The van der Waals surface area contributed by atoms with Gasteiger partial charge >= 0.3 is 5.97 Å². The van der Waals surface area contributed by atoms with E-state index in [1.807, 2.05) is 13.8 Å². The van der Waals surface area contributed by atoms with E-state index in [1.54, 1.807) is 0 Å². The van der Waals surface area contributed by atoms with Crippen LogP contribution in [-0.2, 0) is 25.6 Å². The SMILES string of the molecule is CCC(C)C(N)C(=O)NC(Cc1cnc[nH]1)C(=O)NC(C(=O)N1CCCC1C(=O)O)C(C)O. The Hall–Kier alpha value is -2.99. The lowest BCUT2D eigenvalue weighted by Crippen LogP contribution is -2.60. The van der Waals surface area contributed by atoms with Gasteiger partial charge in [0.15, 0.2) is 0 Å². The first-order chi connectivity index (χ1) is 15.6. The number of H-pyrrole nitrogens is 1. The minimum atomic E-state index is -1.37. The Balaban J connectivity index is 2.19. The molecule has 1 aliphatic heterocycles. The van der Waals surface area contributed by atoms with Crippen LogP contribution >= 0.6 is 0 Å². The number of hydrogen-bond acceptors (Lipinski definition) is 7. The molecule has 12 heteroatoms. The molecule has 0 bridgehead atoms. The van der Waals surface area contributed by atoms with Gasteiger partial charge in [0.05, 0.1) is 18.5 Å². The van der Waals surface area contributed by atoms with Crippen molar-refractivity contribution in [2.75, 3.05) is 6.54 Å². The summed E-state index contributed by atoms with van der Waals surface area (Å²) in [6.45, 7) is 5.27. The van der Waals surface area contributed by atoms with E-state index in [0.717, 1.165) is 4.90 Å². The molecule has 12 nitrogen and oxygen atoms in total. The number of aliphatic hydroxyl groups is 1. The van der Waals surface area contributed by atoms with Crippen molar-refractivity contribution in [3.8, 4) is 0 Å². The highest BCUT2D eigenvalue weighted by atomic mass is 16.4. The number of nitrogens with one attached hydrogen (secondary N) is 3. The number of aromatic amines is 1. The number of nitrogens with two attached hydrogens (primary N) is 1. The number of aliphatic carboxylic acids is 1. The summed E-state index contributed by atoms with van der Waals surface area (Å²) in [5.74, 6) is -3.17. The van der Waals surface area contributed by atoms with Gasteiger partial charge in [-0.05, 0) is 25.7 Å². The minimum Gasteiger partial charge on any atom is -0.480 e. The number of aromatic nitrogens is 2. The summed E-state index contributed by atoms with van der Waals surface area (Å²) >= 11 is 0. The Kier molecular flexibility index (Phi) is 9.35. The summed E-state index contributed by atoms with van der Waals surface area (Å²) in [6, 6.07) is -4.32. The molecule has 7 N–H and O–H groups in total. The van der Waals surface area contributed by atoms with Crippen LogP contribution in [-0.4, -0.2) is 85.6 Å². The van der Waals surface area contributed by atoms with E-state index in [-0.39, 0.29) is 18.9 Å². The summed E-state index contributed by atoms with van der Waals surface area (Å²) in [4.78, 5) is 58.1. The van der Waals surface area contributed by atoms with Crippen molar-refractivity contribution in [3.05, 3.63) is 18.2 Å². The Labute approximate surface area is 192 Å². The van der Waals surface area contributed by atoms with Crippen LogP contribution in [0.1, 0.15) is 45.7 Å². The molecular weight excluding hydrogens is 432 g/mol. The molecule has 1 aromatic heterocycles. The first kappa shape index (κ1) is 26.3. The van der Waals surface area contributed by atoms with Crippen molar-refractivity contribution in [2.45, 2.75) is 76.7 Å². The zero-order valence-corrected chi connectivity index (χ0v) is 19.2. The third-order valence-electron chi connectivity index (χ3n) is 6.04. The lowest BCUT2D eigenvalue weighted by Gasteiger charge is -2.30. The van der Waals surface area contributed by atoms with Crippen molar-refractivity contribution >= 4 is 23.7 Å². The molecule has 0 aliphatic carbocycles. The van der Waals surface area contributed by atoms with Crippen molar-refractivity contribution in [3.63, 3.8) is 0 Å². The summed E-state index contributed by atoms with van der Waals surface area (Å²) in [5.41, 5.74) is 6.56. The lowest BCUT2D eigenvalue weighted by molar-refractivity contribution is -0.150. The van der Waals surface area contributed by atoms with Gasteiger partial charge in [-0.25, -0.2) is 9.78 Å². The summed E-state index contributed by atoms with van der Waals surface area (Å²) < 4.78 is 0. The Morgan fingerprint density at radius 2 is 1.97 bits per heavy atom. The van der Waals surface area contributed by atoms with Crippen LogP contribution in [0.2, 0.25) is 0 Å². The number of likely N-dealkylation sites (tertiary alicyclic amines) is 1. The van der Waals surface area contributed by atoms with Crippen LogP contribution in [0, 0.1) is 5.92 Å². The van der Waals surface area contributed by atoms with Gasteiger partial charge in [0.1, 0.15) is 18.1 Å². The number of aliphatic hydroxyl groups excluding tert-OH is 1. The Bertz CT molecular complexity index is 829. The standard InChI is InChI=1S/C21H34N6O6/c1-4-11(2)16(22)19(30)25-14(8-13-9-23-10-24-13)18(29)26-17(12(3)28)20(31)27-7-5-6-15(27)21(32)33/h9-12,14-17,28H,4-8,22H2,1-3H3,(H,23,24)(H,25,30)(H,26,29)(H,32,33). The molecule has 1 aliphatic rings. The molecule has 2 rings (SSSR count). The van der Waals surface area contributed by atoms with Crippen LogP contribution in [0.5, 0.6) is 0 Å². The normalized spacial score (nSPS) is 20.4. The molecule has 3 amide bonds. The molecule has 1 saturated heterocycles. The van der Waals surface area contributed by atoms with Gasteiger partial charge in [-0.15, -0.1) is 0 Å². The van der Waals surface area contributed by atoms with Gasteiger partial charge in [0.2, 0.25) is 17.7 Å². The van der Waals surface area contributed by atoms with E-state index >= 15 is 0 Å². The zero-order valence-electron chi connectivity index (χ0n) is 19.2. The largest absolute Gasteiger partial charge is 0.480 e. The van der Waals surface area contributed by atoms with E-state index < -0.39 is 54.0 Å². The Morgan fingerprint density at radius 1 is 1.27 bits per heavy atom. The number of carbonyl (C=O) groups excluding carboxylic acids is 3. The molecule has 0 aromatic carbocycles. The van der Waals surface area contributed by atoms with Crippen molar-refractivity contribution < 1.29 is 29.4 Å². The van der Waals surface area contributed by atoms with Crippen LogP contribution in [0.15, 0.2) is 12.5 Å². The highest BCUT2D eigenvalue weighted by molar-refractivity contribution is 5.94. The number of nitrogens with zero attached hydrogens (tertiary/aromatic N) is 2. The fourth-order valence-corrected chi connectivity index (χ4v) is 3.71. The molecular formula is C21H34N6O6. The van der Waals surface area contributed by atoms with Gasteiger partial charge in [-0.3, -0.25) is 14.4 Å². The molecule has 6 unspecified atom stereocenters. The average Bonchev–Trinajstić information content (AvgIpc) is 3.47. The maximum absolute atomic E-state index is 13.1. The van der Waals surface area contributed by atoms with Crippen LogP contribution in [0.25, 0.3) is 0 Å². The van der Waals surface area contributed by atoms with E-state index in [1.165, 1.54) is 19.4 Å². The number of carbonyl (C=O) groups is 4. The quantitative estimate of drug-likeness (QED) is 0.233. The predicted octanol–water partition coefficient (Wildman–Crippen LogP) is -1.25. The highest BCUT2D eigenvalue weighted by Crippen LogP contribution is 2.19. The highest BCUT2D eigenvalue weighted by Gasteiger charge is 2.40. The monoisotopic (exact) mass is 466 g/mol. The number of carboxylic acid groups (broad SMARTS) is 1. The van der Waals surface area contributed by atoms with Crippen LogP contribution in [0.4, 0.5) is 0 Å². The van der Waals surface area contributed by atoms with Gasteiger partial charge in [-0.1, -0.05) is 20.3 Å². The van der Waals surface area contributed by atoms with Crippen LogP contribution < -0.4 is 16.4 Å². The molecule has 0 saturated carbocycles. The third kappa shape index (κ3) is 6.75. The van der Waals surface area contributed by atoms with Gasteiger partial charge in [0, 0.05) is 24.9 Å². The number of rotatable bonds is 11. The van der Waals surface area contributed by atoms with Crippen LogP contribution in [0.3, 0.4) is 0 Å². The fourth-order valence-electron chi connectivity index (χ4n) is 3.71. The molecule has 1 aromatic rings.